The van der Waals surface area contributed by atoms with Crippen LogP contribution in [0.3, 0.4) is 0 Å². The maximum atomic E-state index is 12.1. The molecular weight excluding hydrogens is 296 g/mol. The lowest BCUT2D eigenvalue weighted by atomic mass is 10.4. The molecule has 7 nitrogen and oxygen atoms in total. The van der Waals surface area contributed by atoms with Crippen molar-refractivity contribution in [3.05, 3.63) is 10.8 Å². The molecule has 0 aliphatic rings. The minimum atomic E-state index is -0.379. The summed E-state index contributed by atoms with van der Waals surface area (Å²) in [7, 11) is 2.82. The summed E-state index contributed by atoms with van der Waals surface area (Å²) in [4.78, 5) is 22.3. The molecule has 0 radical (unpaired) electrons. The first-order valence-electron chi connectivity index (χ1n) is 6.73. The highest BCUT2D eigenvalue weighted by molar-refractivity contribution is 6.30. The van der Waals surface area contributed by atoms with Gasteiger partial charge < -0.3 is 19.7 Å². The third-order valence-electron chi connectivity index (χ3n) is 3.00. The average molecular weight is 317 g/mol. The predicted octanol–water partition coefficient (Wildman–Crippen LogP) is 1.22. The standard InChI is InChI=1S/C13H21ClN4O3/c1-5-18(6-2)8-7-15-11(19)9-12(20-3)17-13(21-4)10(14)16-9/h5-8H2,1-4H3,(H,15,19). The molecule has 1 aromatic heterocycles. The molecule has 0 unspecified atom stereocenters. The van der Waals surface area contributed by atoms with Crippen LogP contribution < -0.4 is 14.8 Å². The second kappa shape index (κ2) is 8.63. The first-order valence-corrected chi connectivity index (χ1v) is 7.11. The van der Waals surface area contributed by atoms with Crippen molar-refractivity contribution in [3.63, 3.8) is 0 Å². The van der Waals surface area contributed by atoms with Crippen LogP contribution in [-0.4, -0.2) is 61.2 Å². The van der Waals surface area contributed by atoms with Crippen LogP contribution in [0.5, 0.6) is 11.8 Å². The summed E-state index contributed by atoms with van der Waals surface area (Å²) in [5, 5.41) is 2.80. The Morgan fingerprint density at radius 1 is 1.19 bits per heavy atom. The summed E-state index contributed by atoms with van der Waals surface area (Å²) in [6.07, 6.45) is 0. The van der Waals surface area contributed by atoms with Gasteiger partial charge in [0.25, 0.3) is 11.8 Å². The molecule has 0 aliphatic heterocycles. The van der Waals surface area contributed by atoms with Crippen molar-refractivity contribution in [3.8, 4) is 11.8 Å². The van der Waals surface area contributed by atoms with Crippen molar-refractivity contribution < 1.29 is 14.3 Å². The smallest absolute Gasteiger partial charge is 0.275 e. The van der Waals surface area contributed by atoms with E-state index in [0.29, 0.717) is 6.54 Å². The Bertz CT molecular complexity index is 481. The minimum absolute atomic E-state index is 0.0205. The summed E-state index contributed by atoms with van der Waals surface area (Å²) in [6, 6.07) is 0. The number of carbonyl (C=O) groups excluding carboxylic acids is 1. The van der Waals surface area contributed by atoms with Crippen molar-refractivity contribution in [1.82, 2.24) is 20.2 Å². The summed E-state index contributed by atoms with van der Waals surface area (Å²) < 4.78 is 9.99. The van der Waals surface area contributed by atoms with Gasteiger partial charge in [-0.05, 0) is 13.1 Å². The van der Waals surface area contributed by atoms with Crippen molar-refractivity contribution in [2.45, 2.75) is 13.8 Å². The zero-order valence-corrected chi connectivity index (χ0v) is 13.5. The Labute approximate surface area is 129 Å². The lowest BCUT2D eigenvalue weighted by Gasteiger charge is -2.18. The Hall–Kier alpha value is -1.60. The lowest BCUT2D eigenvalue weighted by molar-refractivity contribution is 0.0939. The van der Waals surface area contributed by atoms with E-state index in [2.05, 4.69) is 34.0 Å². The van der Waals surface area contributed by atoms with E-state index in [1.54, 1.807) is 0 Å². The first kappa shape index (κ1) is 17.5. The van der Waals surface area contributed by atoms with Crippen LogP contribution in [0, 0.1) is 0 Å². The van der Waals surface area contributed by atoms with E-state index in [1.165, 1.54) is 14.2 Å². The van der Waals surface area contributed by atoms with Crippen LogP contribution in [-0.2, 0) is 0 Å². The monoisotopic (exact) mass is 316 g/mol. The minimum Gasteiger partial charge on any atom is -0.479 e. The molecule has 0 spiro atoms. The quantitative estimate of drug-likeness (QED) is 0.777. The number of methoxy groups -OCH3 is 2. The topological polar surface area (TPSA) is 76.6 Å². The fraction of sp³-hybridized carbons (Fsp3) is 0.615. The number of amides is 1. The van der Waals surface area contributed by atoms with Crippen molar-refractivity contribution >= 4 is 17.5 Å². The molecule has 1 heterocycles. The molecule has 0 aromatic carbocycles. The van der Waals surface area contributed by atoms with Gasteiger partial charge in [-0.3, -0.25) is 4.79 Å². The highest BCUT2D eigenvalue weighted by atomic mass is 35.5. The molecule has 0 atom stereocenters. The molecule has 0 saturated heterocycles. The summed E-state index contributed by atoms with van der Waals surface area (Å²) in [6.45, 7) is 7.28. The zero-order valence-electron chi connectivity index (χ0n) is 12.8. The lowest BCUT2D eigenvalue weighted by Crippen LogP contribution is -2.35. The summed E-state index contributed by atoms with van der Waals surface area (Å²) in [5.74, 6) is -0.180. The highest BCUT2D eigenvalue weighted by Crippen LogP contribution is 2.24. The maximum Gasteiger partial charge on any atom is 0.275 e. The molecule has 1 aromatic rings. The summed E-state index contributed by atoms with van der Waals surface area (Å²) >= 11 is 5.89. The first-order chi connectivity index (χ1) is 10.1. The van der Waals surface area contributed by atoms with Gasteiger partial charge in [-0.15, -0.1) is 0 Å². The fourth-order valence-corrected chi connectivity index (χ4v) is 1.96. The zero-order chi connectivity index (χ0) is 15.8. The Balaban J connectivity index is 2.75. The largest absolute Gasteiger partial charge is 0.479 e. The molecule has 8 heteroatoms. The van der Waals surface area contributed by atoms with E-state index in [9.17, 15) is 4.79 Å². The number of hydrogen-bond acceptors (Lipinski definition) is 6. The maximum absolute atomic E-state index is 12.1. The molecule has 118 valence electrons. The van der Waals surface area contributed by atoms with E-state index >= 15 is 0 Å². The van der Waals surface area contributed by atoms with Gasteiger partial charge in [-0.25, -0.2) is 4.98 Å². The van der Waals surface area contributed by atoms with Gasteiger partial charge in [0, 0.05) is 13.1 Å². The Kier molecular flexibility index (Phi) is 7.18. The van der Waals surface area contributed by atoms with Crippen LogP contribution in [0.15, 0.2) is 0 Å². The normalized spacial score (nSPS) is 10.6. The average Bonchev–Trinajstić information content (AvgIpc) is 2.51. The molecule has 21 heavy (non-hydrogen) atoms. The fourth-order valence-electron chi connectivity index (χ4n) is 1.76. The Morgan fingerprint density at radius 2 is 1.81 bits per heavy atom. The van der Waals surface area contributed by atoms with E-state index < -0.39 is 0 Å². The van der Waals surface area contributed by atoms with Gasteiger partial charge in [-0.2, -0.15) is 4.98 Å². The predicted molar refractivity (Wildman–Crippen MR) is 80.3 cm³/mol. The molecule has 1 rings (SSSR count). The van der Waals surface area contributed by atoms with Crippen LogP contribution in [0.1, 0.15) is 24.3 Å². The second-order valence-electron chi connectivity index (χ2n) is 4.16. The van der Waals surface area contributed by atoms with Crippen LogP contribution >= 0.6 is 11.6 Å². The second-order valence-corrected chi connectivity index (χ2v) is 4.52. The van der Waals surface area contributed by atoms with E-state index in [0.717, 1.165) is 19.6 Å². The third-order valence-corrected chi connectivity index (χ3v) is 3.25. The number of rotatable bonds is 8. The molecule has 0 saturated carbocycles. The van der Waals surface area contributed by atoms with Gasteiger partial charge in [0.2, 0.25) is 5.88 Å². The van der Waals surface area contributed by atoms with E-state index in [-0.39, 0.29) is 28.5 Å². The molecule has 1 amide bonds. The number of hydrogen-bond donors (Lipinski definition) is 1. The number of aromatic nitrogens is 2. The van der Waals surface area contributed by atoms with Crippen LogP contribution in [0.25, 0.3) is 0 Å². The number of carbonyl (C=O) groups is 1. The molecule has 0 fully saturated rings. The van der Waals surface area contributed by atoms with E-state index in [4.69, 9.17) is 21.1 Å². The summed E-state index contributed by atoms with van der Waals surface area (Å²) in [5.41, 5.74) is 0.0443. The van der Waals surface area contributed by atoms with Gasteiger partial charge in [0.15, 0.2) is 10.8 Å². The van der Waals surface area contributed by atoms with Gasteiger partial charge >= 0.3 is 0 Å². The number of nitrogens with one attached hydrogen (secondary N) is 1. The molecule has 1 N–H and O–H groups in total. The number of nitrogens with zero attached hydrogens (tertiary/aromatic N) is 3. The third kappa shape index (κ3) is 4.71. The van der Waals surface area contributed by atoms with Crippen molar-refractivity contribution in [2.24, 2.45) is 0 Å². The van der Waals surface area contributed by atoms with Crippen molar-refractivity contribution in [1.29, 1.82) is 0 Å². The van der Waals surface area contributed by atoms with E-state index in [1.807, 2.05) is 0 Å². The molecule has 0 bridgehead atoms. The number of likely N-dealkylation sites (N-methyl/N-ethyl adjacent to an activating group) is 1. The number of ether oxygens (including phenoxy) is 2. The van der Waals surface area contributed by atoms with Gasteiger partial charge in [0.05, 0.1) is 14.2 Å². The molecular formula is C13H21ClN4O3. The van der Waals surface area contributed by atoms with Crippen molar-refractivity contribution in [2.75, 3.05) is 40.4 Å². The van der Waals surface area contributed by atoms with Crippen LogP contribution in [0.2, 0.25) is 5.15 Å². The molecule has 0 aliphatic carbocycles. The number of halogens is 1. The van der Waals surface area contributed by atoms with Gasteiger partial charge in [-0.1, -0.05) is 25.4 Å². The van der Waals surface area contributed by atoms with Gasteiger partial charge in [0.1, 0.15) is 0 Å². The SMILES string of the molecule is CCN(CC)CCNC(=O)c1nc(Cl)c(OC)nc1OC. The highest BCUT2D eigenvalue weighted by Gasteiger charge is 2.19. The van der Waals surface area contributed by atoms with Crippen LogP contribution in [0.4, 0.5) is 0 Å². The Morgan fingerprint density at radius 3 is 2.33 bits per heavy atom.